The van der Waals surface area contributed by atoms with Gasteiger partial charge in [-0.1, -0.05) is 13.8 Å². The van der Waals surface area contributed by atoms with Gasteiger partial charge in [0.2, 0.25) is 5.79 Å². The molecule has 0 radical (unpaired) electrons. The first-order valence-electron chi connectivity index (χ1n) is 5.61. The summed E-state index contributed by atoms with van der Waals surface area (Å²) in [5.74, 6) is -0.666. The van der Waals surface area contributed by atoms with Gasteiger partial charge in [0.05, 0.1) is 12.3 Å². The van der Waals surface area contributed by atoms with E-state index in [2.05, 4.69) is 4.98 Å². The number of hydrogen-bond donors (Lipinski definition) is 1. The van der Waals surface area contributed by atoms with Crippen molar-refractivity contribution in [1.82, 2.24) is 4.98 Å². The van der Waals surface area contributed by atoms with Crippen molar-refractivity contribution in [2.75, 3.05) is 6.61 Å². The number of H-pyrrole nitrogens is 1. The molecule has 1 aromatic rings. The molecule has 1 aliphatic rings. The highest BCUT2D eigenvalue weighted by Crippen LogP contribution is 2.39. The molecule has 0 aliphatic carbocycles. The van der Waals surface area contributed by atoms with Gasteiger partial charge in [0.15, 0.2) is 0 Å². The summed E-state index contributed by atoms with van der Waals surface area (Å²) in [6.45, 7) is 8.47. The molecule has 1 atom stereocenters. The summed E-state index contributed by atoms with van der Waals surface area (Å²) < 4.78 is 5.91. The summed E-state index contributed by atoms with van der Waals surface area (Å²) >= 11 is 0. The third-order valence-electron chi connectivity index (χ3n) is 2.76. The van der Waals surface area contributed by atoms with E-state index in [-0.39, 0.29) is 5.92 Å². The molecular formula is C12H19NO3. The van der Waals surface area contributed by atoms with E-state index < -0.39 is 11.4 Å². The SMILES string of the molecule is CC(C)C1(c2ccc[nH]2)OCC(C)(C)OO1. The molecule has 0 spiro atoms. The van der Waals surface area contributed by atoms with Crippen LogP contribution < -0.4 is 0 Å². The molecule has 90 valence electrons. The Morgan fingerprint density at radius 3 is 2.50 bits per heavy atom. The Bertz CT molecular complexity index is 333. The van der Waals surface area contributed by atoms with E-state index in [1.165, 1.54) is 0 Å². The predicted molar refractivity (Wildman–Crippen MR) is 59.5 cm³/mol. The number of rotatable bonds is 2. The van der Waals surface area contributed by atoms with Crippen molar-refractivity contribution in [1.29, 1.82) is 0 Å². The maximum absolute atomic E-state index is 5.91. The molecule has 1 N–H and O–H groups in total. The Morgan fingerprint density at radius 2 is 2.06 bits per heavy atom. The van der Waals surface area contributed by atoms with Crippen molar-refractivity contribution in [2.45, 2.75) is 39.1 Å². The van der Waals surface area contributed by atoms with Gasteiger partial charge in [0.1, 0.15) is 5.60 Å². The first-order chi connectivity index (χ1) is 7.46. The molecule has 2 rings (SSSR count). The highest BCUT2D eigenvalue weighted by Gasteiger charge is 2.47. The molecule has 4 nitrogen and oxygen atoms in total. The Morgan fingerprint density at radius 1 is 1.31 bits per heavy atom. The maximum Gasteiger partial charge on any atom is 0.245 e. The summed E-state index contributed by atoms with van der Waals surface area (Å²) in [5.41, 5.74) is 0.489. The molecule has 2 heterocycles. The Hall–Kier alpha value is -0.840. The summed E-state index contributed by atoms with van der Waals surface area (Å²) in [5, 5.41) is 0. The molecule has 1 saturated heterocycles. The molecule has 0 amide bonds. The van der Waals surface area contributed by atoms with Crippen LogP contribution >= 0.6 is 0 Å². The normalized spacial score (nSPS) is 29.6. The Kier molecular flexibility index (Phi) is 2.82. The van der Waals surface area contributed by atoms with Gasteiger partial charge < -0.3 is 9.72 Å². The van der Waals surface area contributed by atoms with Crippen molar-refractivity contribution in [3.63, 3.8) is 0 Å². The summed E-state index contributed by atoms with van der Waals surface area (Å²) in [6.07, 6.45) is 1.85. The van der Waals surface area contributed by atoms with Crippen LogP contribution in [0, 0.1) is 5.92 Å². The van der Waals surface area contributed by atoms with Crippen molar-refractivity contribution in [3.8, 4) is 0 Å². The smallest absolute Gasteiger partial charge is 0.245 e. The van der Waals surface area contributed by atoms with E-state index in [4.69, 9.17) is 14.5 Å². The molecule has 1 aromatic heterocycles. The second-order valence-electron chi connectivity index (χ2n) is 5.12. The molecular weight excluding hydrogens is 206 g/mol. The van der Waals surface area contributed by atoms with Crippen molar-refractivity contribution in [2.24, 2.45) is 5.92 Å². The van der Waals surface area contributed by atoms with Crippen LogP contribution in [0.2, 0.25) is 0 Å². The standard InChI is InChI=1S/C12H19NO3/c1-9(2)12(10-6-5-7-13-10)14-8-11(3,4)15-16-12/h5-7,9,13H,8H2,1-4H3. The van der Waals surface area contributed by atoms with Crippen LogP contribution in [0.15, 0.2) is 18.3 Å². The van der Waals surface area contributed by atoms with Crippen LogP contribution in [-0.4, -0.2) is 17.2 Å². The minimum absolute atomic E-state index is 0.155. The number of hydrogen-bond acceptors (Lipinski definition) is 3. The fourth-order valence-corrected chi connectivity index (χ4v) is 1.75. The molecule has 0 aromatic carbocycles. The van der Waals surface area contributed by atoms with Crippen LogP contribution in [0.4, 0.5) is 0 Å². The van der Waals surface area contributed by atoms with Gasteiger partial charge in [-0.05, 0) is 26.0 Å². The number of aromatic nitrogens is 1. The fraction of sp³-hybridized carbons (Fsp3) is 0.667. The average molecular weight is 225 g/mol. The van der Waals surface area contributed by atoms with Crippen LogP contribution in [0.5, 0.6) is 0 Å². The van der Waals surface area contributed by atoms with Crippen molar-refractivity contribution < 1.29 is 14.5 Å². The van der Waals surface area contributed by atoms with E-state index in [0.717, 1.165) is 5.69 Å². The first kappa shape index (κ1) is 11.6. The fourth-order valence-electron chi connectivity index (χ4n) is 1.75. The molecule has 1 fully saturated rings. The van der Waals surface area contributed by atoms with E-state index >= 15 is 0 Å². The van der Waals surface area contributed by atoms with E-state index in [1.807, 2.05) is 46.0 Å². The minimum atomic E-state index is -0.820. The lowest BCUT2D eigenvalue weighted by atomic mass is 9.98. The predicted octanol–water partition coefficient (Wildman–Crippen LogP) is 2.58. The van der Waals surface area contributed by atoms with Crippen LogP contribution in [0.25, 0.3) is 0 Å². The number of nitrogens with one attached hydrogen (secondary N) is 1. The molecule has 1 aliphatic heterocycles. The zero-order valence-electron chi connectivity index (χ0n) is 10.2. The zero-order valence-corrected chi connectivity index (χ0v) is 10.2. The topological polar surface area (TPSA) is 43.5 Å². The molecule has 16 heavy (non-hydrogen) atoms. The van der Waals surface area contributed by atoms with Crippen molar-refractivity contribution in [3.05, 3.63) is 24.0 Å². The average Bonchev–Trinajstić information content (AvgIpc) is 2.71. The lowest BCUT2D eigenvalue weighted by Gasteiger charge is -2.43. The second-order valence-corrected chi connectivity index (χ2v) is 5.12. The Labute approximate surface area is 95.8 Å². The second kappa shape index (κ2) is 3.87. The van der Waals surface area contributed by atoms with E-state index in [0.29, 0.717) is 6.61 Å². The molecule has 0 saturated carbocycles. The van der Waals surface area contributed by atoms with Crippen LogP contribution in [-0.2, 0) is 20.3 Å². The lowest BCUT2D eigenvalue weighted by Crippen LogP contribution is -2.50. The third kappa shape index (κ3) is 1.88. The van der Waals surface area contributed by atoms with Gasteiger partial charge in [-0.15, -0.1) is 0 Å². The third-order valence-corrected chi connectivity index (χ3v) is 2.76. The van der Waals surface area contributed by atoms with Gasteiger partial charge in [-0.2, -0.15) is 4.89 Å². The van der Waals surface area contributed by atoms with Crippen LogP contribution in [0.3, 0.4) is 0 Å². The van der Waals surface area contributed by atoms with Gasteiger partial charge >= 0.3 is 0 Å². The highest BCUT2D eigenvalue weighted by molar-refractivity contribution is 5.12. The van der Waals surface area contributed by atoms with Gasteiger partial charge in [0.25, 0.3) is 0 Å². The maximum atomic E-state index is 5.91. The first-order valence-corrected chi connectivity index (χ1v) is 5.61. The largest absolute Gasteiger partial charge is 0.361 e. The van der Waals surface area contributed by atoms with Gasteiger partial charge in [-0.3, -0.25) is 0 Å². The van der Waals surface area contributed by atoms with Gasteiger partial charge in [0, 0.05) is 12.1 Å². The zero-order chi connectivity index (χ0) is 11.8. The van der Waals surface area contributed by atoms with E-state index in [1.54, 1.807) is 0 Å². The number of ether oxygens (including phenoxy) is 1. The molecule has 1 unspecified atom stereocenters. The quantitative estimate of drug-likeness (QED) is 0.787. The van der Waals surface area contributed by atoms with E-state index in [9.17, 15) is 0 Å². The highest BCUT2D eigenvalue weighted by atomic mass is 17.2. The Balaban J connectivity index is 2.26. The monoisotopic (exact) mass is 225 g/mol. The van der Waals surface area contributed by atoms with Crippen molar-refractivity contribution >= 4 is 0 Å². The molecule has 0 bridgehead atoms. The minimum Gasteiger partial charge on any atom is -0.361 e. The summed E-state index contributed by atoms with van der Waals surface area (Å²) in [4.78, 5) is 14.1. The van der Waals surface area contributed by atoms with Gasteiger partial charge in [-0.25, -0.2) is 4.89 Å². The molecule has 4 heteroatoms. The lowest BCUT2D eigenvalue weighted by molar-refractivity contribution is -0.525. The number of aromatic amines is 1. The summed E-state index contributed by atoms with van der Waals surface area (Å²) in [6, 6.07) is 3.87. The van der Waals surface area contributed by atoms with Crippen LogP contribution in [0.1, 0.15) is 33.4 Å². The summed E-state index contributed by atoms with van der Waals surface area (Å²) in [7, 11) is 0.